The van der Waals surface area contributed by atoms with Crippen molar-refractivity contribution in [3.05, 3.63) is 76.1 Å². The number of imidazole rings is 1. The summed E-state index contributed by atoms with van der Waals surface area (Å²) in [5.41, 5.74) is 14.6. The van der Waals surface area contributed by atoms with Crippen LogP contribution in [-0.4, -0.2) is 63.6 Å². The Labute approximate surface area is 248 Å². The van der Waals surface area contributed by atoms with Gasteiger partial charge in [0.15, 0.2) is 0 Å². The fraction of sp³-hybridized carbons (Fsp3) is 0.345. The molecule has 1 aliphatic carbocycles. The molecular formula is C29H31Cl2N5O3S. The van der Waals surface area contributed by atoms with Crippen molar-refractivity contribution in [1.82, 2.24) is 14.5 Å². The second kappa shape index (κ2) is 12.4. The first-order valence-electron chi connectivity index (χ1n) is 13.2. The number of benzene rings is 2. The summed E-state index contributed by atoms with van der Waals surface area (Å²) in [5.74, 6) is -0.00845. The van der Waals surface area contributed by atoms with Gasteiger partial charge >= 0.3 is 0 Å². The number of hydrogen-bond donors (Lipinski definition) is 2. The normalized spacial score (nSPS) is 19.4. The molecule has 4 N–H and O–H groups in total. The smallest absolute Gasteiger partial charge is 0.250 e. The van der Waals surface area contributed by atoms with Gasteiger partial charge in [0.1, 0.15) is 24.3 Å². The van der Waals surface area contributed by atoms with Gasteiger partial charge < -0.3 is 25.8 Å². The molecule has 0 radical (unpaired) electrons. The molecule has 2 atom stereocenters. The average Bonchev–Trinajstić information content (AvgIpc) is 3.35. The van der Waals surface area contributed by atoms with Gasteiger partial charge in [0.05, 0.1) is 32.6 Å². The van der Waals surface area contributed by atoms with Crippen molar-refractivity contribution in [3.63, 3.8) is 0 Å². The Bertz CT molecular complexity index is 1500. The lowest BCUT2D eigenvalue weighted by molar-refractivity contribution is -0.114. The number of allylic oxidation sites excluding steroid dienone is 2. The van der Waals surface area contributed by atoms with E-state index in [1.54, 1.807) is 24.5 Å². The number of carbonyl (C=O) groups is 1. The number of fused-ring (bicyclic) bond motifs is 1. The number of carbonyl (C=O) groups excluding carboxylic acids is 1. The minimum Gasteiger partial charge on any atom is -0.489 e. The molecule has 2 heterocycles. The zero-order valence-corrected chi connectivity index (χ0v) is 24.4. The van der Waals surface area contributed by atoms with Gasteiger partial charge in [-0.25, -0.2) is 4.98 Å². The van der Waals surface area contributed by atoms with Crippen LogP contribution in [0.2, 0.25) is 10.0 Å². The van der Waals surface area contributed by atoms with Crippen molar-refractivity contribution in [3.8, 4) is 5.75 Å². The molecule has 210 valence electrons. The molecule has 2 aromatic carbocycles. The van der Waals surface area contributed by atoms with Crippen LogP contribution < -0.4 is 16.2 Å². The molecule has 1 unspecified atom stereocenters. The average molecular weight is 601 g/mol. The number of ether oxygens (including phenoxy) is 2. The predicted molar refractivity (Wildman–Crippen MR) is 163 cm³/mol. The van der Waals surface area contributed by atoms with E-state index in [-0.39, 0.29) is 11.7 Å². The van der Waals surface area contributed by atoms with Crippen LogP contribution in [0.15, 0.2) is 60.5 Å². The second-order valence-electron chi connectivity index (χ2n) is 9.93. The molecule has 1 aromatic heterocycles. The molecular weight excluding hydrogens is 569 g/mol. The molecule has 1 fully saturated rings. The van der Waals surface area contributed by atoms with E-state index in [1.165, 1.54) is 0 Å². The van der Waals surface area contributed by atoms with E-state index in [4.69, 9.17) is 56.4 Å². The summed E-state index contributed by atoms with van der Waals surface area (Å²) in [6.45, 7) is 5.34. The van der Waals surface area contributed by atoms with E-state index in [1.807, 2.05) is 41.8 Å². The van der Waals surface area contributed by atoms with Gasteiger partial charge in [-0.05, 0) is 56.2 Å². The summed E-state index contributed by atoms with van der Waals surface area (Å²) in [6, 6.07) is 11.1. The zero-order chi connectivity index (χ0) is 28.4. The first kappa shape index (κ1) is 28.7. The molecule has 0 bridgehead atoms. The van der Waals surface area contributed by atoms with E-state index in [9.17, 15) is 4.79 Å². The van der Waals surface area contributed by atoms with Crippen molar-refractivity contribution in [2.24, 2.45) is 11.5 Å². The van der Waals surface area contributed by atoms with Crippen molar-refractivity contribution < 1.29 is 14.3 Å². The number of likely N-dealkylation sites (tertiary alicyclic amines) is 1. The Balaban J connectivity index is 1.37. The minimum absolute atomic E-state index is 0.0811. The minimum atomic E-state index is -0.704. The van der Waals surface area contributed by atoms with Crippen LogP contribution in [0.4, 0.5) is 0 Å². The highest BCUT2D eigenvalue weighted by molar-refractivity contribution is 7.81. The number of halogens is 2. The number of primary amides is 1. The number of rotatable bonds is 9. The van der Waals surface area contributed by atoms with Gasteiger partial charge in [-0.1, -0.05) is 47.6 Å². The summed E-state index contributed by atoms with van der Waals surface area (Å²) < 4.78 is 14.6. The third-order valence-corrected chi connectivity index (χ3v) is 8.34. The number of nitrogens with two attached hydrogens (primary N) is 2. The number of piperidine rings is 1. The van der Waals surface area contributed by atoms with Crippen LogP contribution in [0.3, 0.4) is 0 Å². The Hall–Kier alpha value is -2.79. The van der Waals surface area contributed by atoms with E-state index in [0.29, 0.717) is 32.9 Å². The van der Waals surface area contributed by atoms with Crippen LogP contribution in [0.25, 0.3) is 16.7 Å². The highest BCUT2D eigenvalue weighted by Crippen LogP contribution is 2.36. The highest BCUT2D eigenvalue weighted by atomic mass is 35.5. The maximum Gasteiger partial charge on any atom is 0.250 e. The fourth-order valence-corrected chi connectivity index (χ4v) is 5.90. The van der Waals surface area contributed by atoms with Crippen LogP contribution in [0.5, 0.6) is 5.75 Å². The fourth-order valence-electron chi connectivity index (χ4n) is 5.13. The Morgan fingerprint density at radius 3 is 2.73 bits per heavy atom. The lowest BCUT2D eigenvalue weighted by Crippen LogP contribution is -2.40. The molecule has 1 saturated heterocycles. The van der Waals surface area contributed by atoms with Crippen LogP contribution in [-0.2, 0) is 9.53 Å². The summed E-state index contributed by atoms with van der Waals surface area (Å²) >= 11 is 18.6. The lowest BCUT2D eigenvalue weighted by Gasteiger charge is -2.32. The Morgan fingerprint density at radius 2 is 2.00 bits per heavy atom. The molecule has 2 aliphatic rings. The molecule has 5 rings (SSSR count). The highest BCUT2D eigenvalue weighted by Gasteiger charge is 2.29. The van der Waals surface area contributed by atoms with Gasteiger partial charge in [-0.15, -0.1) is 0 Å². The summed E-state index contributed by atoms with van der Waals surface area (Å²) in [6.07, 6.45) is 5.91. The number of thiocarbonyl (C=S) groups is 1. The molecule has 11 heteroatoms. The third kappa shape index (κ3) is 6.10. The lowest BCUT2D eigenvalue weighted by atomic mass is 9.98. The first-order valence-corrected chi connectivity index (χ1v) is 14.3. The van der Waals surface area contributed by atoms with Gasteiger partial charge in [0.25, 0.3) is 0 Å². The van der Waals surface area contributed by atoms with E-state index in [0.717, 1.165) is 49.1 Å². The quantitative estimate of drug-likeness (QED) is 0.336. The second-order valence-corrected chi connectivity index (χ2v) is 11.2. The van der Waals surface area contributed by atoms with Gasteiger partial charge in [-0.3, -0.25) is 9.36 Å². The van der Waals surface area contributed by atoms with Crippen molar-refractivity contribution >= 4 is 62.9 Å². The van der Waals surface area contributed by atoms with Gasteiger partial charge in [0.2, 0.25) is 5.91 Å². The Morgan fingerprint density at radius 1 is 1.23 bits per heavy atom. The molecule has 1 amide bonds. The SMILES string of the molecule is C[C@@H](OC1C=C(n2cnc3cc(Cl)ccc32)C=C(C(N)=O)C1=S)c1cccc(OC2CCN(CCN)CC2)c1Cl. The monoisotopic (exact) mass is 599 g/mol. The number of nitrogens with zero attached hydrogens (tertiary/aromatic N) is 3. The first-order chi connectivity index (χ1) is 19.2. The van der Waals surface area contributed by atoms with Crippen molar-refractivity contribution in [1.29, 1.82) is 0 Å². The molecule has 0 spiro atoms. The molecule has 1 aliphatic heterocycles. The summed E-state index contributed by atoms with van der Waals surface area (Å²) in [4.78, 5) is 19.4. The van der Waals surface area contributed by atoms with Crippen LogP contribution >= 0.6 is 35.4 Å². The van der Waals surface area contributed by atoms with E-state index in [2.05, 4.69) is 9.88 Å². The summed E-state index contributed by atoms with van der Waals surface area (Å²) in [7, 11) is 0. The van der Waals surface area contributed by atoms with Crippen molar-refractivity contribution in [2.75, 3.05) is 26.2 Å². The molecule has 8 nitrogen and oxygen atoms in total. The Kier molecular flexibility index (Phi) is 8.89. The van der Waals surface area contributed by atoms with E-state index >= 15 is 0 Å². The maximum atomic E-state index is 12.3. The third-order valence-electron chi connectivity index (χ3n) is 7.25. The molecule has 40 heavy (non-hydrogen) atoms. The maximum absolute atomic E-state index is 12.3. The van der Waals surface area contributed by atoms with E-state index < -0.39 is 18.1 Å². The molecule has 3 aromatic rings. The molecule has 0 saturated carbocycles. The zero-order valence-electron chi connectivity index (χ0n) is 22.1. The topological polar surface area (TPSA) is 109 Å². The van der Waals surface area contributed by atoms with Gasteiger partial charge in [-0.2, -0.15) is 0 Å². The standard InChI is InChI=1S/C29H31Cl2N5O3S/c1-17(21-3-2-4-25(27(21)31)39-20-7-10-35(11-8-20)12-9-32)38-26-15-19(14-22(28(26)40)29(33)37)36-16-34-23-13-18(30)5-6-24(23)36/h2-6,13-17,20,26H,7-12,32H2,1H3,(H2,33,37)/t17-,26?/m1/s1. The largest absolute Gasteiger partial charge is 0.489 e. The number of hydrogen-bond acceptors (Lipinski definition) is 7. The van der Waals surface area contributed by atoms with Crippen LogP contribution in [0.1, 0.15) is 31.4 Å². The van der Waals surface area contributed by atoms with Crippen molar-refractivity contribution in [2.45, 2.75) is 38.1 Å². The number of amides is 1. The number of aromatic nitrogens is 2. The summed E-state index contributed by atoms with van der Waals surface area (Å²) in [5, 5.41) is 1.08. The van der Waals surface area contributed by atoms with Gasteiger partial charge in [0, 0.05) is 42.5 Å². The predicted octanol–water partition coefficient (Wildman–Crippen LogP) is 4.93. The van der Waals surface area contributed by atoms with Crippen LogP contribution in [0, 0.1) is 0 Å².